The Bertz CT molecular complexity index is 311. The lowest BCUT2D eigenvalue weighted by atomic mass is 9.93. The number of aliphatic imine (C=N–C) groups is 1. The predicted molar refractivity (Wildman–Crippen MR) is 77.0 cm³/mol. The summed E-state index contributed by atoms with van der Waals surface area (Å²) < 4.78 is 0. The molecule has 2 aliphatic rings. The van der Waals surface area contributed by atoms with E-state index in [9.17, 15) is 0 Å². The van der Waals surface area contributed by atoms with E-state index >= 15 is 0 Å². The van der Waals surface area contributed by atoms with Crippen LogP contribution in [0, 0.1) is 5.41 Å². The average molecular weight is 252 g/mol. The fraction of sp³-hybridized carbons (Fsp3) is 0.929. The van der Waals surface area contributed by atoms with Crippen molar-refractivity contribution < 1.29 is 0 Å². The molecule has 1 atom stereocenters. The molecule has 2 rings (SSSR count). The van der Waals surface area contributed by atoms with Gasteiger partial charge in [0.05, 0.1) is 0 Å². The maximum Gasteiger partial charge on any atom is 0.193 e. The Morgan fingerprint density at radius 2 is 2.17 bits per heavy atom. The van der Waals surface area contributed by atoms with Crippen LogP contribution in [0.3, 0.4) is 0 Å². The van der Waals surface area contributed by atoms with Gasteiger partial charge in [-0.2, -0.15) is 0 Å². The molecular formula is C14H28N4. The fourth-order valence-electron chi connectivity index (χ4n) is 3.07. The number of nitrogens with zero attached hydrogens (tertiary/aromatic N) is 3. The van der Waals surface area contributed by atoms with Crippen molar-refractivity contribution in [1.29, 1.82) is 0 Å². The Morgan fingerprint density at radius 1 is 1.39 bits per heavy atom. The molecule has 0 amide bonds. The number of hydrogen-bond donors (Lipinski definition) is 1. The molecular weight excluding hydrogens is 224 g/mol. The quantitative estimate of drug-likeness (QED) is 0.595. The molecule has 0 aromatic rings. The maximum atomic E-state index is 4.43. The van der Waals surface area contributed by atoms with Gasteiger partial charge in [0.1, 0.15) is 0 Å². The van der Waals surface area contributed by atoms with E-state index in [4.69, 9.17) is 0 Å². The van der Waals surface area contributed by atoms with Crippen LogP contribution in [0.15, 0.2) is 4.99 Å². The van der Waals surface area contributed by atoms with Gasteiger partial charge < -0.3 is 15.1 Å². The van der Waals surface area contributed by atoms with Crippen molar-refractivity contribution in [1.82, 2.24) is 15.1 Å². The van der Waals surface area contributed by atoms with Gasteiger partial charge in [-0.15, -0.1) is 0 Å². The summed E-state index contributed by atoms with van der Waals surface area (Å²) in [6, 6.07) is 0.678. The molecule has 1 unspecified atom stereocenters. The SMILES string of the molecule is CN=C(NCC1CCCN1C)N1CCC(C)(C)C1. The van der Waals surface area contributed by atoms with Gasteiger partial charge in [0, 0.05) is 32.7 Å². The molecule has 104 valence electrons. The van der Waals surface area contributed by atoms with E-state index in [0.717, 1.165) is 25.6 Å². The third-order valence-electron chi connectivity index (χ3n) is 4.36. The molecule has 0 aliphatic carbocycles. The third kappa shape index (κ3) is 3.16. The van der Waals surface area contributed by atoms with Crippen LogP contribution in [-0.2, 0) is 0 Å². The van der Waals surface area contributed by atoms with Crippen molar-refractivity contribution >= 4 is 5.96 Å². The van der Waals surface area contributed by atoms with Crippen molar-refractivity contribution in [3.63, 3.8) is 0 Å². The maximum absolute atomic E-state index is 4.43. The number of hydrogen-bond acceptors (Lipinski definition) is 2. The Kier molecular flexibility index (Phi) is 4.15. The molecule has 2 fully saturated rings. The summed E-state index contributed by atoms with van der Waals surface area (Å²) in [4.78, 5) is 9.28. The minimum atomic E-state index is 0.432. The summed E-state index contributed by atoms with van der Waals surface area (Å²) in [5, 5.41) is 3.56. The highest BCUT2D eigenvalue weighted by atomic mass is 15.3. The summed E-state index contributed by atoms with van der Waals surface area (Å²) in [6.07, 6.45) is 3.90. The molecule has 2 aliphatic heterocycles. The minimum absolute atomic E-state index is 0.432. The largest absolute Gasteiger partial charge is 0.355 e. The van der Waals surface area contributed by atoms with E-state index in [1.807, 2.05) is 7.05 Å². The molecule has 2 saturated heterocycles. The molecule has 0 bridgehead atoms. The molecule has 0 aromatic heterocycles. The molecule has 0 aromatic carbocycles. The molecule has 4 heteroatoms. The van der Waals surface area contributed by atoms with E-state index in [1.54, 1.807) is 0 Å². The van der Waals surface area contributed by atoms with E-state index in [1.165, 1.54) is 25.8 Å². The topological polar surface area (TPSA) is 30.9 Å². The van der Waals surface area contributed by atoms with Crippen LogP contribution < -0.4 is 5.32 Å². The lowest BCUT2D eigenvalue weighted by Gasteiger charge is -2.26. The van der Waals surface area contributed by atoms with Gasteiger partial charge >= 0.3 is 0 Å². The van der Waals surface area contributed by atoms with Crippen LogP contribution in [-0.4, -0.2) is 62.1 Å². The molecule has 18 heavy (non-hydrogen) atoms. The van der Waals surface area contributed by atoms with Gasteiger partial charge in [0.15, 0.2) is 5.96 Å². The minimum Gasteiger partial charge on any atom is -0.355 e. The van der Waals surface area contributed by atoms with E-state index in [-0.39, 0.29) is 0 Å². The van der Waals surface area contributed by atoms with Crippen LogP contribution >= 0.6 is 0 Å². The monoisotopic (exact) mass is 252 g/mol. The summed E-state index contributed by atoms with van der Waals surface area (Å²) in [7, 11) is 4.12. The average Bonchev–Trinajstić information content (AvgIpc) is 2.87. The van der Waals surface area contributed by atoms with E-state index < -0.39 is 0 Å². The first kappa shape index (κ1) is 13.7. The number of nitrogens with one attached hydrogen (secondary N) is 1. The van der Waals surface area contributed by atoms with Gasteiger partial charge in [0.25, 0.3) is 0 Å². The molecule has 0 radical (unpaired) electrons. The van der Waals surface area contributed by atoms with Gasteiger partial charge in [-0.25, -0.2) is 0 Å². The van der Waals surface area contributed by atoms with E-state index in [2.05, 4.69) is 41.0 Å². The number of guanidine groups is 1. The number of rotatable bonds is 2. The zero-order valence-corrected chi connectivity index (χ0v) is 12.4. The zero-order chi connectivity index (χ0) is 13.2. The third-order valence-corrected chi connectivity index (χ3v) is 4.36. The highest BCUT2D eigenvalue weighted by molar-refractivity contribution is 5.80. The first-order valence-corrected chi connectivity index (χ1v) is 7.18. The van der Waals surface area contributed by atoms with Gasteiger partial charge in [-0.3, -0.25) is 4.99 Å². The molecule has 0 spiro atoms. The van der Waals surface area contributed by atoms with Crippen molar-refractivity contribution in [2.24, 2.45) is 10.4 Å². The zero-order valence-electron chi connectivity index (χ0n) is 12.4. The van der Waals surface area contributed by atoms with Crippen molar-refractivity contribution in [2.75, 3.05) is 40.3 Å². The Labute approximate surface area is 111 Å². The number of likely N-dealkylation sites (N-methyl/N-ethyl adjacent to an activating group) is 1. The molecule has 2 heterocycles. The Balaban J connectivity index is 1.83. The van der Waals surface area contributed by atoms with Crippen LogP contribution in [0.1, 0.15) is 33.1 Å². The highest BCUT2D eigenvalue weighted by Crippen LogP contribution is 2.28. The summed E-state index contributed by atoms with van der Waals surface area (Å²) in [5.41, 5.74) is 0.432. The second-order valence-corrected chi connectivity index (χ2v) is 6.54. The van der Waals surface area contributed by atoms with Crippen LogP contribution in [0.2, 0.25) is 0 Å². The summed E-state index contributed by atoms with van der Waals surface area (Å²) >= 11 is 0. The first-order chi connectivity index (χ1) is 8.52. The molecule has 1 N–H and O–H groups in total. The van der Waals surface area contributed by atoms with Crippen LogP contribution in [0.4, 0.5) is 0 Å². The Hall–Kier alpha value is -0.770. The van der Waals surface area contributed by atoms with Crippen molar-refractivity contribution in [3.05, 3.63) is 0 Å². The highest BCUT2D eigenvalue weighted by Gasteiger charge is 2.31. The van der Waals surface area contributed by atoms with Crippen LogP contribution in [0.25, 0.3) is 0 Å². The fourth-order valence-corrected chi connectivity index (χ4v) is 3.07. The second-order valence-electron chi connectivity index (χ2n) is 6.54. The Morgan fingerprint density at radius 3 is 2.67 bits per heavy atom. The van der Waals surface area contributed by atoms with Gasteiger partial charge in [-0.05, 0) is 38.3 Å². The normalized spacial score (nSPS) is 29.0. The second kappa shape index (κ2) is 5.47. The van der Waals surface area contributed by atoms with Crippen molar-refractivity contribution in [3.8, 4) is 0 Å². The van der Waals surface area contributed by atoms with Gasteiger partial charge in [-0.1, -0.05) is 13.8 Å². The van der Waals surface area contributed by atoms with Crippen LogP contribution in [0.5, 0.6) is 0 Å². The lowest BCUT2D eigenvalue weighted by Crippen LogP contribution is -2.45. The predicted octanol–water partition coefficient (Wildman–Crippen LogP) is 1.39. The van der Waals surface area contributed by atoms with E-state index in [0.29, 0.717) is 11.5 Å². The smallest absolute Gasteiger partial charge is 0.193 e. The lowest BCUT2D eigenvalue weighted by molar-refractivity contribution is 0.305. The summed E-state index contributed by atoms with van der Waals surface area (Å²) in [6.45, 7) is 9.19. The first-order valence-electron chi connectivity index (χ1n) is 7.18. The van der Waals surface area contributed by atoms with Gasteiger partial charge in [0.2, 0.25) is 0 Å². The number of likely N-dealkylation sites (tertiary alicyclic amines) is 2. The standard InChI is InChI=1S/C14H28N4/c1-14(2)7-9-18(11-14)13(15-3)16-10-12-6-5-8-17(12)4/h12H,5-11H2,1-4H3,(H,15,16). The molecule has 4 nitrogen and oxygen atoms in total. The van der Waals surface area contributed by atoms with Crippen molar-refractivity contribution in [2.45, 2.75) is 39.2 Å². The molecule has 0 saturated carbocycles. The summed E-state index contributed by atoms with van der Waals surface area (Å²) in [5.74, 6) is 1.08.